The molecule has 1 amide bonds. The topological polar surface area (TPSA) is 95.9 Å². The number of carbonyl (C=O) groups excluding carboxylic acids is 1. The summed E-state index contributed by atoms with van der Waals surface area (Å²) in [4.78, 5) is 35.5. The molecule has 1 N–H and O–H groups in total. The van der Waals surface area contributed by atoms with Crippen LogP contribution < -0.4 is 4.90 Å². The van der Waals surface area contributed by atoms with Crippen molar-refractivity contribution < 1.29 is 19.4 Å². The van der Waals surface area contributed by atoms with Gasteiger partial charge in [-0.1, -0.05) is 0 Å². The van der Waals surface area contributed by atoms with Gasteiger partial charge in [-0.3, -0.25) is 0 Å². The number of nitrogens with zero attached hydrogens (tertiary/aromatic N) is 4. The van der Waals surface area contributed by atoms with Crippen LogP contribution in [-0.4, -0.2) is 62.8 Å². The van der Waals surface area contributed by atoms with Crippen molar-refractivity contribution in [3.05, 3.63) is 18.1 Å². The molecule has 3 rings (SSSR count). The minimum absolute atomic E-state index is 0.0725. The lowest BCUT2D eigenvalue weighted by Crippen LogP contribution is -2.46. The van der Waals surface area contributed by atoms with E-state index in [1.165, 1.54) is 12.4 Å². The van der Waals surface area contributed by atoms with Gasteiger partial charge in [0.2, 0.25) is 0 Å². The smallest absolute Gasteiger partial charge is 0.410 e. The van der Waals surface area contributed by atoms with Gasteiger partial charge in [-0.25, -0.2) is 19.6 Å². The monoisotopic (exact) mass is 348 g/mol. The number of hydrogen-bond donors (Lipinski definition) is 1. The lowest BCUT2D eigenvalue weighted by atomic mass is 10.2. The van der Waals surface area contributed by atoms with Crippen molar-refractivity contribution in [2.45, 2.75) is 57.7 Å². The lowest BCUT2D eigenvalue weighted by Gasteiger charge is -2.31. The molecule has 25 heavy (non-hydrogen) atoms. The van der Waals surface area contributed by atoms with Gasteiger partial charge in [-0.15, -0.1) is 0 Å². The number of carbonyl (C=O) groups is 2. The first-order valence-corrected chi connectivity index (χ1v) is 8.56. The highest BCUT2D eigenvalue weighted by atomic mass is 16.6. The van der Waals surface area contributed by atoms with Crippen molar-refractivity contribution in [3.63, 3.8) is 0 Å². The summed E-state index contributed by atoms with van der Waals surface area (Å²) >= 11 is 0. The average molecular weight is 348 g/mol. The highest BCUT2D eigenvalue weighted by molar-refractivity contribution is 5.84. The number of amides is 1. The third kappa shape index (κ3) is 4.18. The third-order valence-electron chi connectivity index (χ3n) is 4.28. The highest BCUT2D eigenvalue weighted by Crippen LogP contribution is 2.33. The zero-order chi connectivity index (χ0) is 18.2. The number of ether oxygens (including phenoxy) is 1. The first kappa shape index (κ1) is 17.4. The van der Waals surface area contributed by atoms with Crippen LogP contribution in [0.4, 0.5) is 10.6 Å². The predicted octanol–water partition coefficient (Wildman–Crippen LogP) is 2.15. The van der Waals surface area contributed by atoms with E-state index >= 15 is 0 Å². The molecule has 2 aliphatic rings. The fourth-order valence-corrected chi connectivity index (χ4v) is 3.04. The van der Waals surface area contributed by atoms with Crippen LogP contribution >= 0.6 is 0 Å². The predicted molar refractivity (Wildman–Crippen MR) is 90.7 cm³/mol. The molecule has 2 heterocycles. The molecule has 1 saturated heterocycles. The van der Waals surface area contributed by atoms with E-state index in [4.69, 9.17) is 9.84 Å². The van der Waals surface area contributed by atoms with Crippen LogP contribution in [0.3, 0.4) is 0 Å². The summed E-state index contributed by atoms with van der Waals surface area (Å²) in [6, 6.07) is 0.337. The van der Waals surface area contributed by atoms with Crippen LogP contribution in [0, 0.1) is 0 Å². The molecule has 0 unspecified atom stereocenters. The van der Waals surface area contributed by atoms with E-state index in [-0.39, 0.29) is 23.9 Å². The Labute approximate surface area is 146 Å². The number of aromatic carboxylic acids is 1. The van der Waals surface area contributed by atoms with Crippen molar-refractivity contribution in [3.8, 4) is 0 Å². The van der Waals surface area contributed by atoms with Crippen LogP contribution in [0.15, 0.2) is 12.4 Å². The van der Waals surface area contributed by atoms with Gasteiger partial charge in [-0.05, 0) is 40.0 Å². The molecule has 1 aromatic heterocycles. The van der Waals surface area contributed by atoms with E-state index in [9.17, 15) is 9.59 Å². The Balaban J connectivity index is 1.67. The minimum atomic E-state index is -1.09. The van der Waals surface area contributed by atoms with Crippen LogP contribution in [-0.2, 0) is 4.74 Å². The van der Waals surface area contributed by atoms with E-state index in [1.807, 2.05) is 30.6 Å². The number of anilines is 1. The zero-order valence-corrected chi connectivity index (χ0v) is 14.8. The van der Waals surface area contributed by atoms with E-state index in [0.29, 0.717) is 12.4 Å². The second-order valence-electron chi connectivity index (χ2n) is 7.57. The zero-order valence-electron chi connectivity index (χ0n) is 14.8. The van der Waals surface area contributed by atoms with Gasteiger partial charge in [0.05, 0.1) is 18.4 Å². The molecule has 1 aliphatic carbocycles. The maximum absolute atomic E-state index is 12.6. The molecule has 1 aromatic rings. The van der Waals surface area contributed by atoms with Crippen LogP contribution in [0.25, 0.3) is 0 Å². The van der Waals surface area contributed by atoms with Crippen molar-refractivity contribution in [2.75, 3.05) is 18.0 Å². The van der Waals surface area contributed by atoms with E-state index in [1.54, 1.807) is 0 Å². The molecule has 0 bridgehead atoms. The SMILES string of the molecule is CC(C)(C)OC(=O)N(C1CC1)[C@@H]1CCN(c2cnc(C(=O)O)cn2)C1. The summed E-state index contributed by atoms with van der Waals surface area (Å²) in [6.45, 7) is 7.01. The van der Waals surface area contributed by atoms with Gasteiger partial charge in [0.25, 0.3) is 0 Å². The molecular weight excluding hydrogens is 324 g/mol. The Kier molecular flexibility index (Phi) is 4.53. The molecule has 0 radical (unpaired) electrons. The van der Waals surface area contributed by atoms with Gasteiger partial charge in [-0.2, -0.15) is 0 Å². The summed E-state index contributed by atoms with van der Waals surface area (Å²) in [7, 11) is 0. The summed E-state index contributed by atoms with van der Waals surface area (Å²) in [5.74, 6) is -0.462. The maximum Gasteiger partial charge on any atom is 0.410 e. The molecule has 8 nitrogen and oxygen atoms in total. The molecule has 1 saturated carbocycles. The molecule has 1 aliphatic heterocycles. The number of aromatic nitrogens is 2. The molecule has 136 valence electrons. The fraction of sp³-hybridized carbons (Fsp3) is 0.647. The van der Waals surface area contributed by atoms with Crippen LogP contribution in [0.5, 0.6) is 0 Å². The van der Waals surface area contributed by atoms with Gasteiger partial charge in [0.1, 0.15) is 11.4 Å². The Bertz CT molecular complexity index is 652. The third-order valence-corrected chi connectivity index (χ3v) is 4.28. The average Bonchev–Trinajstić information content (AvgIpc) is 3.22. The Morgan fingerprint density at radius 2 is 1.92 bits per heavy atom. The maximum atomic E-state index is 12.6. The van der Waals surface area contributed by atoms with E-state index in [0.717, 1.165) is 25.8 Å². The minimum Gasteiger partial charge on any atom is -0.476 e. The Morgan fingerprint density at radius 3 is 2.44 bits per heavy atom. The molecule has 2 fully saturated rings. The highest BCUT2D eigenvalue weighted by Gasteiger charge is 2.42. The largest absolute Gasteiger partial charge is 0.476 e. The molecule has 0 spiro atoms. The second kappa shape index (κ2) is 6.50. The molecule has 8 heteroatoms. The van der Waals surface area contributed by atoms with Crippen LogP contribution in [0.1, 0.15) is 50.5 Å². The van der Waals surface area contributed by atoms with Gasteiger partial charge >= 0.3 is 12.1 Å². The summed E-state index contributed by atoms with van der Waals surface area (Å²) in [5.41, 5.74) is -0.589. The molecular formula is C17H24N4O4. The fourth-order valence-electron chi connectivity index (χ4n) is 3.04. The van der Waals surface area contributed by atoms with Crippen molar-refractivity contribution >= 4 is 17.9 Å². The normalized spacial score (nSPS) is 20.4. The van der Waals surface area contributed by atoms with Crippen molar-refractivity contribution in [1.82, 2.24) is 14.9 Å². The van der Waals surface area contributed by atoms with Gasteiger partial charge in [0.15, 0.2) is 5.69 Å². The first-order chi connectivity index (χ1) is 11.7. The number of carboxylic acid groups (broad SMARTS) is 1. The van der Waals surface area contributed by atoms with Crippen molar-refractivity contribution in [1.29, 1.82) is 0 Å². The van der Waals surface area contributed by atoms with Gasteiger partial charge in [0, 0.05) is 19.1 Å². The summed E-state index contributed by atoms with van der Waals surface area (Å²) in [5, 5.41) is 8.90. The Morgan fingerprint density at radius 1 is 1.20 bits per heavy atom. The summed E-state index contributed by atoms with van der Waals surface area (Å²) < 4.78 is 5.57. The van der Waals surface area contributed by atoms with E-state index in [2.05, 4.69) is 9.97 Å². The number of carboxylic acids is 1. The quantitative estimate of drug-likeness (QED) is 0.890. The standard InChI is InChI=1S/C17H24N4O4/c1-17(2,3)25-16(24)21(11-4-5-11)12-6-7-20(10-12)14-9-18-13(8-19-14)15(22)23/h8-9,11-12H,4-7,10H2,1-3H3,(H,22,23)/t12-/m1/s1. The van der Waals surface area contributed by atoms with Crippen LogP contribution in [0.2, 0.25) is 0 Å². The lowest BCUT2D eigenvalue weighted by molar-refractivity contribution is 0.0158. The first-order valence-electron chi connectivity index (χ1n) is 8.56. The number of rotatable bonds is 4. The van der Waals surface area contributed by atoms with Crippen molar-refractivity contribution in [2.24, 2.45) is 0 Å². The van der Waals surface area contributed by atoms with E-state index < -0.39 is 11.6 Å². The Hall–Kier alpha value is -2.38. The van der Waals surface area contributed by atoms with Gasteiger partial charge < -0.3 is 19.6 Å². The number of hydrogen-bond acceptors (Lipinski definition) is 6. The summed E-state index contributed by atoms with van der Waals surface area (Å²) in [6.07, 6.45) is 5.34. The molecule has 0 aromatic carbocycles. The second-order valence-corrected chi connectivity index (χ2v) is 7.57. The molecule has 1 atom stereocenters.